The first-order valence-corrected chi connectivity index (χ1v) is 15.0. The molecule has 1 saturated heterocycles. The van der Waals surface area contributed by atoms with E-state index < -0.39 is 0 Å². The molecule has 2 aromatic carbocycles. The van der Waals surface area contributed by atoms with Gasteiger partial charge in [-0.3, -0.25) is 14.7 Å². The highest BCUT2D eigenvalue weighted by Gasteiger charge is 2.30. The summed E-state index contributed by atoms with van der Waals surface area (Å²) < 4.78 is 6.31. The number of nitrogens with zero attached hydrogens (tertiary/aromatic N) is 4. The van der Waals surface area contributed by atoms with Crippen molar-refractivity contribution >= 4 is 23.5 Å². The van der Waals surface area contributed by atoms with Crippen molar-refractivity contribution < 1.29 is 9.53 Å². The Hall–Kier alpha value is -4.05. The topological polar surface area (TPSA) is 122 Å². The lowest BCUT2D eigenvalue weighted by Crippen LogP contribution is -2.43. The third-order valence-electron chi connectivity index (χ3n) is 8.42. The minimum absolute atomic E-state index is 0.0689. The van der Waals surface area contributed by atoms with E-state index in [0.29, 0.717) is 23.3 Å². The largest absolute Gasteiger partial charge is 0.404 e. The number of aliphatic imine (C=N–C) groups is 1. The molecule has 5 rings (SSSR count). The summed E-state index contributed by atoms with van der Waals surface area (Å²) in [5, 5.41) is 3.13. The van der Waals surface area contributed by atoms with E-state index in [0.717, 1.165) is 57.5 Å². The van der Waals surface area contributed by atoms with Crippen LogP contribution in [-0.4, -0.2) is 79.3 Å². The van der Waals surface area contributed by atoms with Crippen molar-refractivity contribution in [3.05, 3.63) is 89.2 Å². The van der Waals surface area contributed by atoms with Gasteiger partial charge in [0.05, 0.1) is 24.3 Å². The van der Waals surface area contributed by atoms with Gasteiger partial charge >= 0.3 is 0 Å². The maximum Gasteiger partial charge on any atom is 0.255 e. The highest BCUT2D eigenvalue weighted by atomic mass is 16.5. The summed E-state index contributed by atoms with van der Waals surface area (Å²) in [7, 11) is 3.85. The van der Waals surface area contributed by atoms with Gasteiger partial charge in [0.1, 0.15) is 5.82 Å². The first kappa shape index (κ1) is 30.4. The quantitative estimate of drug-likeness (QED) is 0.310. The summed E-state index contributed by atoms with van der Waals surface area (Å²) in [5.74, 6) is -0.0950. The van der Waals surface area contributed by atoms with Crippen LogP contribution in [-0.2, 0) is 17.9 Å². The number of pyridine rings is 1. The Morgan fingerprint density at radius 2 is 1.72 bits per heavy atom. The molecular weight excluding hydrogens is 538 g/mol. The number of amides is 1. The number of carbonyl (C=O) groups is 1. The predicted octanol–water partition coefficient (Wildman–Crippen LogP) is 3.95. The third-order valence-corrected chi connectivity index (χ3v) is 8.42. The van der Waals surface area contributed by atoms with Crippen LogP contribution in [0.25, 0.3) is 16.7 Å². The van der Waals surface area contributed by atoms with E-state index in [1.54, 1.807) is 25.5 Å². The molecule has 226 valence electrons. The van der Waals surface area contributed by atoms with Crippen LogP contribution in [0.5, 0.6) is 0 Å². The second kappa shape index (κ2) is 14.4. The number of carbonyl (C=O) groups excluding carboxylic acids is 1. The van der Waals surface area contributed by atoms with Gasteiger partial charge in [-0.1, -0.05) is 48.5 Å². The number of allylic oxidation sites excluding steroid dienone is 1. The van der Waals surface area contributed by atoms with E-state index in [1.807, 2.05) is 0 Å². The van der Waals surface area contributed by atoms with E-state index in [2.05, 4.69) is 80.7 Å². The number of likely N-dealkylation sites (N-methyl/N-ethyl adjacent to an activating group) is 1. The molecule has 2 fully saturated rings. The molecule has 9 nitrogen and oxygen atoms in total. The maximum absolute atomic E-state index is 13.2. The molecule has 9 heteroatoms. The number of anilines is 1. The van der Waals surface area contributed by atoms with Gasteiger partial charge in [0.2, 0.25) is 0 Å². The molecular formula is C34H43N7O2. The lowest BCUT2D eigenvalue weighted by atomic mass is 10.0. The average molecular weight is 582 g/mol. The fourth-order valence-electron chi connectivity index (χ4n) is 5.77. The van der Waals surface area contributed by atoms with Crippen molar-refractivity contribution in [2.24, 2.45) is 10.7 Å². The SMILES string of the molecule is CN=CC(=CN)c1cnc(N)c(C(=O)NC2CCCC2OCc2ccc(-c3ccc(CN4CCN(C)CC4)cc3)cc2)c1. The number of nitrogens with two attached hydrogens (primary N) is 2. The number of ether oxygens (including phenoxy) is 1. The number of nitrogen functional groups attached to an aromatic ring is 1. The molecule has 5 N–H and O–H groups in total. The molecule has 0 radical (unpaired) electrons. The van der Waals surface area contributed by atoms with Crippen LogP contribution in [0.1, 0.15) is 46.3 Å². The molecule has 1 saturated carbocycles. The zero-order valence-corrected chi connectivity index (χ0v) is 25.2. The first-order valence-electron chi connectivity index (χ1n) is 15.0. The number of nitrogens with one attached hydrogen (secondary N) is 1. The van der Waals surface area contributed by atoms with E-state index in [-0.39, 0.29) is 23.9 Å². The summed E-state index contributed by atoms with van der Waals surface area (Å²) >= 11 is 0. The van der Waals surface area contributed by atoms with Crippen molar-refractivity contribution in [2.45, 2.75) is 44.6 Å². The number of benzene rings is 2. The van der Waals surface area contributed by atoms with Gasteiger partial charge in [-0.2, -0.15) is 0 Å². The molecule has 43 heavy (non-hydrogen) atoms. The normalized spacial score (nSPS) is 20.1. The van der Waals surface area contributed by atoms with Crippen LogP contribution in [0.2, 0.25) is 0 Å². The molecule has 1 amide bonds. The maximum atomic E-state index is 13.2. The van der Waals surface area contributed by atoms with E-state index in [4.69, 9.17) is 16.2 Å². The molecule has 3 aromatic rings. The van der Waals surface area contributed by atoms with Crippen molar-refractivity contribution in [2.75, 3.05) is 46.0 Å². The molecule has 0 bridgehead atoms. The summed E-state index contributed by atoms with van der Waals surface area (Å²) in [6.45, 7) is 6.01. The Morgan fingerprint density at radius 1 is 1.05 bits per heavy atom. The number of piperazine rings is 1. The van der Waals surface area contributed by atoms with Crippen molar-refractivity contribution in [3.63, 3.8) is 0 Å². The van der Waals surface area contributed by atoms with Gasteiger partial charge in [-0.05, 0) is 54.6 Å². The number of hydrogen-bond donors (Lipinski definition) is 3. The third kappa shape index (κ3) is 7.87. The zero-order valence-electron chi connectivity index (χ0n) is 25.2. The molecule has 2 aliphatic rings. The fraction of sp³-hybridized carbons (Fsp3) is 0.382. The Morgan fingerprint density at radius 3 is 2.37 bits per heavy atom. The lowest BCUT2D eigenvalue weighted by Gasteiger charge is -2.32. The average Bonchev–Trinajstić information content (AvgIpc) is 3.47. The monoisotopic (exact) mass is 581 g/mol. The predicted molar refractivity (Wildman–Crippen MR) is 174 cm³/mol. The van der Waals surface area contributed by atoms with Crippen LogP contribution in [0.15, 0.2) is 72.0 Å². The molecule has 2 unspecified atom stereocenters. The lowest BCUT2D eigenvalue weighted by molar-refractivity contribution is 0.0272. The van der Waals surface area contributed by atoms with Crippen molar-refractivity contribution in [3.8, 4) is 11.1 Å². The van der Waals surface area contributed by atoms with E-state index in [9.17, 15) is 4.79 Å². The van der Waals surface area contributed by atoms with Crippen LogP contribution in [0, 0.1) is 0 Å². The highest BCUT2D eigenvalue weighted by molar-refractivity contribution is 6.10. The minimum atomic E-state index is -0.268. The number of rotatable bonds is 10. The van der Waals surface area contributed by atoms with Gasteiger partial charge in [-0.25, -0.2) is 4.98 Å². The zero-order chi connectivity index (χ0) is 30.2. The highest BCUT2D eigenvalue weighted by Crippen LogP contribution is 2.26. The molecule has 2 atom stereocenters. The van der Waals surface area contributed by atoms with Crippen LogP contribution < -0.4 is 16.8 Å². The second-order valence-corrected chi connectivity index (χ2v) is 11.5. The van der Waals surface area contributed by atoms with Gasteiger partial charge < -0.3 is 26.4 Å². The van der Waals surface area contributed by atoms with Gasteiger partial charge in [-0.15, -0.1) is 0 Å². The second-order valence-electron chi connectivity index (χ2n) is 11.5. The van der Waals surface area contributed by atoms with E-state index in [1.165, 1.54) is 22.9 Å². The van der Waals surface area contributed by atoms with Crippen LogP contribution >= 0.6 is 0 Å². The smallest absolute Gasteiger partial charge is 0.255 e. The van der Waals surface area contributed by atoms with Crippen LogP contribution in [0.4, 0.5) is 5.82 Å². The fourth-order valence-corrected chi connectivity index (χ4v) is 5.77. The standard InChI is InChI=1S/C34H43N7O2/c1-37-20-29(19-35)28-18-30(33(36)38-21-28)34(42)39-31-4-3-5-32(31)43-23-25-8-12-27(13-9-25)26-10-6-24(7-11-26)22-41-16-14-40(2)15-17-41/h6-13,18-21,31-32H,3-5,14-17,22-23,35H2,1-2H3,(H2,36,38)(H,39,42). The minimum Gasteiger partial charge on any atom is -0.404 e. The summed E-state index contributed by atoms with van der Waals surface area (Å²) in [5.41, 5.74) is 18.3. The van der Waals surface area contributed by atoms with Crippen LogP contribution in [0.3, 0.4) is 0 Å². The summed E-state index contributed by atoms with van der Waals surface area (Å²) in [6, 6.07) is 19.1. The van der Waals surface area contributed by atoms with Gasteiger partial charge in [0.15, 0.2) is 0 Å². The molecule has 1 aliphatic heterocycles. The van der Waals surface area contributed by atoms with Gasteiger partial charge in [0, 0.05) is 69.5 Å². The van der Waals surface area contributed by atoms with Gasteiger partial charge in [0.25, 0.3) is 5.91 Å². The van der Waals surface area contributed by atoms with Crippen molar-refractivity contribution in [1.29, 1.82) is 0 Å². The Bertz CT molecular complexity index is 1430. The Kier molecular flexibility index (Phi) is 10.2. The molecule has 2 heterocycles. The van der Waals surface area contributed by atoms with E-state index >= 15 is 0 Å². The van der Waals surface area contributed by atoms with Crippen molar-refractivity contribution in [1.82, 2.24) is 20.1 Å². The number of hydrogen-bond acceptors (Lipinski definition) is 8. The molecule has 1 aromatic heterocycles. The summed E-state index contributed by atoms with van der Waals surface area (Å²) in [6.07, 6.45) is 7.30. The molecule has 0 spiro atoms. The Balaban J connectivity index is 1.14. The summed E-state index contributed by atoms with van der Waals surface area (Å²) in [4.78, 5) is 26.3. The number of aromatic nitrogens is 1. The first-order chi connectivity index (χ1) is 20.9. The molecule has 1 aliphatic carbocycles. The Labute approximate surface area is 254 Å².